The van der Waals surface area contributed by atoms with Crippen molar-refractivity contribution in [3.8, 4) is 0 Å². The maximum Gasteiger partial charge on any atom is 0.330 e. The third-order valence-electron chi connectivity index (χ3n) is 4.01. The third kappa shape index (κ3) is 6.93. The molecule has 1 aromatic heterocycles. The Morgan fingerprint density at radius 2 is 1.85 bits per heavy atom. The minimum Gasteiger partial charge on any atom is -0.459 e. The molecule has 0 spiro atoms. The number of esters is 1. The number of anilines is 1. The molecule has 1 aromatic rings. The van der Waals surface area contributed by atoms with Crippen LogP contribution in [0.5, 0.6) is 0 Å². The van der Waals surface area contributed by atoms with Crippen LogP contribution < -0.4 is 17.0 Å². The van der Waals surface area contributed by atoms with Crippen molar-refractivity contribution in [1.82, 2.24) is 9.13 Å². The summed E-state index contributed by atoms with van der Waals surface area (Å²) < 4.78 is 7.73. The Labute approximate surface area is 164 Å². The van der Waals surface area contributed by atoms with E-state index in [9.17, 15) is 14.4 Å². The lowest BCUT2D eigenvalue weighted by atomic mass is 10.0. The zero-order chi connectivity index (χ0) is 20.9. The molecule has 0 aromatic carbocycles. The van der Waals surface area contributed by atoms with Crippen molar-refractivity contribution in [2.24, 2.45) is 20.0 Å². The van der Waals surface area contributed by atoms with Gasteiger partial charge < -0.3 is 10.5 Å². The number of nitrogens with zero attached hydrogens (tertiary/aromatic N) is 2. The Balaban J connectivity index is 2.69. The monoisotopic (exact) mass is 397 g/mol. The van der Waals surface area contributed by atoms with Gasteiger partial charge in [-0.3, -0.25) is 18.7 Å². The average molecular weight is 398 g/mol. The number of rotatable bonds is 7. The molecule has 0 amide bonds. The van der Waals surface area contributed by atoms with E-state index < -0.39 is 11.2 Å². The van der Waals surface area contributed by atoms with Crippen molar-refractivity contribution < 1.29 is 9.53 Å². The summed E-state index contributed by atoms with van der Waals surface area (Å²) in [6, 6.07) is 0. The summed E-state index contributed by atoms with van der Waals surface area (Å²) in [5.74, 6) is 0.211. The predicted octanol–water partition coefficient (Wildman–Crippen LogP) is 2.21. The van der Waals surface area contributed by atoms with Crippen LogP contribution in [0.15, 0.2) is 20.6 Å². The largest absolute Gasteiger partial charge is 0.459 e. The van der Waals surface area contributed by atoms with E-state index in [0.717, 1.165) is 15.9 Å². The molecule has 1 rings (SSSR count). The molecule has 1 heterocycles. The second-order valence-electron chi connectivity index (χ2n) is 7.80. The summed E-state index contributed by atoms with van der Waals surface area (Å²) in [5, 5.41) is 0. The van der Waals surface area contributed by atoms with Crippen molar-refractivity contribution >= 4 is 23.4 Å². The molecule has 1 atom stereocenters. The van der Waals surface area contributed by atoms with Gasteiger partial charge in [-0.2, -0.15) is 0 Å². The van der Waals surface area contributed by atoms with E-state index in [0.29, 0.717) is 12.1 Å². The van der Waals surface area contributed by atoms with Gasteiger partial charge >= 0.3 is 11.7 Å². The fraction of sp³-hybridized carbons (Fsp3) is 0.632. The number of allylic oxidation sites excluding steroid dienone is 2. The van der Waals surface area contributed by atoms with E-state index in [-0.39, 0.29) is 29.0 Å². The van der Waals surface area contributed by atoms with Crippen LogP contribution >= 0.6 is 11.8 Å². The van der Waals surface area contributed by atoms with Gasteiger partial charge in [0.05, 0.1) is 11.4 Å². The lowest BCUT2D eigenvalue weighted by molar-refractivity contribution is -0.151. The molecule has 0 aliphatic carbocycles. The standard InChI is InChI=1S/C19H31N3O4S/c1-12(8-9-13(2)27-11-15(23)26-19(3,4)5)10-14-16(20)17(24)22(7)18(25)21(14)6/h9,12H,8,10-11,20H2,1-7H3/b13-9-. The van der Waals surface area contributed by atoms with Gasteiger partial charge in [-0.1, -0.05) is 13.0 Å². The van der Waals surface area contributed by atoms with E-state index in [2.05, 4.69) is 6.08 Å². The number of aromatic nitrogens is 2. The molecule has 152 valence electrons. The van der Waals surface area contributed by atoms with Crippen molar-refractivity contribution in [3.05, 3.63) is 37.5 Å². The van der Waals surface area contributed by atoms with E-state index in [4.69, 9.17) is 10.5 Å². The summed E-state index contributed by atoms with van der Waals surface area (Å²) in [7, 11) is 3.04. The molecule has 8 heteroatoms. The Hall–Kier alpha value is -1.96. The van der Waals surface area contributed by atoms with Gasteiger partial charge in [-0.05, 0) is 51.4 Å². The van der Waals surface area contributed by atoms with Crippen molar-refractivity contribution in [2.45, 2.75) is 53.1 Å². The number of ether oxygens (including phenoxy) is 1. The first-order chi connectivity index (χ1) is 12.3. The molecular formula is C19H31N3O4S. The first kappa shape index (κ1) is 23.1. The van der Waals surface area contributed by atoms with Crippen molar-refractivity contribution in [1.29, 1.82) is 0 Å². The van der Waals surface area contributed by atoms with Crippen LogP contribution in [0.4, 0.5) is 5.69 Å². The average Bonchev–Trinajstić information content (AvgIpc) is 2.57. The molecule has 0 bridgehead atoms. The minimum atomic E-state index is -0.480. The van der Waals surface area contributed by atoms with Crippen molar-refractivity contribution in [2.75, 3.05) is 11.5 Å². The molecule has 1 unspecified atom stereocenters. The van der Waals surface area contributed by atoms with Gasteiger partial charge in [-0.15, -0.1) is 11.8 Å². The number of carbonyl (C=O) groups excluding carboxylic acids is 1. The van der Waals surface area contributed by atoms with Crippen LogP contribution in [0.2, 0.25) is 0 Å². The summed E-state index contributed by atoms with van der Waals surface area (Å²) in [4.78, 5) is 36.9. The second kappa shape index (κ2) is 9.30. The third-order valence-corrected chi connectivity index (χ3v) is 5.01. The first-order valence-electron chi connectivity index (χ1n) is 8.89. The van der Waals surface area contributed by atoms with Crippen molar-refractivity contribution in [3.63, 3.8) is 0 Å². The van der Waals surface area contributed by atoms with Gasteiger partial charge in [-0.25, -0.2) is 4.79 Å². The Morgan fingerprint density at radius 3 is 2.41 bits per heavy atom. The van der Waals surface area contributed by atoms with Crippen LogP contribution in [0, 0.1) is 5.92 Å². The topological polar surface area (TPSA) is 96.3 Å². The van der Waals surface area contributed by atoms with Crippen LogP contribution in [0.25, 0.3) is 0 Å². The quantitative estimate of drug-likeness (QED) is 0.709. The zero-order valence-electron chi connectivity index (χ0n) is 17.3. The maximum atomic E-state index is 12.1. The highest BCUT2D eigenvalue weighted by atomic mass is 32.2. The second-order valence-corrected chi connectivity index (χ2v) is 9.02. The number of hydrogen-bond donors (Lipinski definition) is 1. The number of carbonyl (C=O) groups is 1. The summed E-state index contributed by atoms with van der Waals surface area (Å²) >= 11 is 1.44. The Bertz CT molecular complexity index is 794. The van der Waals surface area contributed by atoms with Gasteiger partial charge in [0.25, 0.3) is 5.56 Å². The Morgan fingerprint density at radius 1 is 1.26 bits per heavy atom. The zero-order valence-corrected chi connectivity index (χ0v) is 18.1. The van der Waals surface area contributed by atoms with Crippen LogP contribution in [0.3, 0.4) is 0 Å². The first-order valence-corrected chi connectivity index (χ1v) is 9.87. The fourth-order valence-corrected chi connectivity index (χ4v) is 3.16. The molecule has 0 saturated heterocycles. The lowest BCUT2D eigenvalue weighted by Crippen LogP contribution is -2.40. The SMILES string of the molecule is C/C(=C/CC(C)Cc1c(N)c(=O)n(C)c(=O)n1C)SCC(=O)OC(C)(C)C. The predicted molar refractivity (Wildman–Crippen MR) is 111 cm³/mol. The Kier molecular flexibility index (Phi) is 7.95. The smallest absolute Gasteiger partial charge is 0.330 e. The fourth-order valence-electron chi connectivity index (χ4n) is 2.54. The number of thioether (sulfide) groups is 1. The van der Waals surface area contributed by atoms with E-state index in [1.165, 1.54) is 23.4 Å². The summed E-state index contributed by atoms with van der Waals surface area (Å²) in [6.45, 7) is 9.51. The number of nitrogen functional groups attached to an aromatic ring is 1. The highest BCUT2D eigenvalue weighted by Gasteiger charge is 2.17. The minimum absolute atomic E-state index is 0.117. The van der Waals surface area contributed by atoms with Crippen LogP contribution in [-0.2, 0) is 30.0 Å². The van der Waals surface area contributed by atoms with Crippen LogP contribution in [0.1, 0.15) is 46.7 Å². The molecule has 0 saturated carbocycles. The highest BCUT2D eigenvalue weighted by molar-refractivity contribution is 8.03. The molecular weight excluding hydrogens is 366 g/mol. The molecule has 2 N–H and O–H groups in total. The summed E-state index contributed by atoms with van der Waals surface area (Å²) in [5.41, 5.74) is 5.28. The van der Waals surface area contributed by atoms with Gasteiger partial charge in [0.2, 0.25) is 0 Å². The molecule has 0 radical (unpaired) electrons. The normalized spacial score (nSPS) is 13.5. The summed E-state index contributed by atoms with van der Waals surface area (Å²) in [6.07, 6.45) is 3.32. The highest BCUT2D eigenvalue weighted by Crippen LogP contribution is 2.20. The van der Waals surface area contributed by atoms with Gasteiger partial charge in [0.1, 0.15) is 11.3 Å². The molecule has 0 aliphatic heterocycles. The number of nitrogens with two attached hydrogens (primary N) is 1. The van der Waals surface area contributed by atoms with E-state index in [1.54, 1.807) is 7.05 Å². The van der Waals surface area contributed by atoms with E-state index in [1.807, 2.05) is 34.6 Å². The van der Waals surface area contributed by atoms with Gasteiger partial charge in [0.15, 0.2) is 0 Å². The lowest BCUT2D eigenvalue weighted by Gasteiger charge is -2.19. The molecule has 0 aliphatic rings. The molecule has 7 nitrogen and oxygen atoms in total. The molecule has 27 heavy (non-hydrogen) atoms. The molecule has 0 fully saturated rings. The maximum absolute atomic E-state index is 12.1. The number of hydrogen-bond acceptors (Lipinski definition) is 6. The van der Waals surface area contributed by atoms with E-state index >= 15 is 0 Å². The van der Waals surface area contributed by atoms with Crippen LogP contribution in [-0.4, -0.2) is 26.5 Å². The van der Waals surface area contributed by atoms with Gasteiger partial charge in [0, 0.05) is 14.1 Å².